The fourth-order valence-corrected chi connectivity index (χ4v) is 3.08. The Morgan fingerprint density at radius 2 is 1.92 bits per heavy atom. The SMILES string of the molecule is C#CCNS(=O)(=O)c1ccc(C(=O)Nc2cc(Cl)ccc2OC)cc1. The molecule has 2 rings (SSSR count). The van der Waals surface area contributed by atoms with Crippen LogP contribution in [0.5, 0.6) is 5.75 Å². The minimum atomic E-state index is -3.70. The van der Waals surface area contributed by atoms with E-state index in [2.05, 4.69) is 16.0 Å². The number of hydrogen-bond donors (Lipinski definition) is 2. The first-order valence-corrected chi connectivity index (χ1v) is 8.91. The predicted octanol–water partition coefficient (Wildman–Crippen LogP) is 2.51. The molecule has 0 aliphatic rings. The Bertz CT molecular complexity index is 919. The lowest BCUT2D eigenvalue weighted by Crippen LogP contribution is -2.24. The van der Waals surface area contributed by atoms with Crippen molar-refractivity contribution >= 4 is 33.2 Å². The number of carbonyl (C=O) groups is 1. The van der Waals surface area contributed by atoms with Gasteiger partial charge in [0.25, 0.3) is 5.91 Å². The number of sulfonamides is 1. The van der Waals surface area contributed by atoms with E-state index in [0.717, 1.165) is 0 Å². The average molecular weight is 379 g/mol. The molecule has 8 heteroatoms. The quantitative estimate of drug-likeness (QED) is 0.756. The molecule has 25 heavy (non-hydrogen) atoms. The van der Waals surface area contributed by atoms with Crippen molar-refractivity contribution in [2.45, 2.75) is 4.90 Å². The number of ether oxygens (including phenoxy) is 1. The highest BCUT2D eigenvalue weighted by Crippen LogP contribution is 2.28. The van der Waals surface area contributed by atoms with Gasteiger partial charge >= 0.3 is 0 Å². The van der Waals surface area contributed by atoms with Crippen molar-refractivity contribution in [3.63, 3.8) is 0 Å². The van der Waals surface area contributed by atoms with Crippen LogP contribution < -0.4 is 14.8 Å². The normalized spacial score (nSPS) is 10.8. The molecule has 0 spiro atoms. The molecule has 0 radical (unpaired) electrons. The molecule has 130 valence electrons. The van der Waals surface area contributed by atoms with Gasteiger partial charge in [0.1, 0.15) is 5.75 Å². The van der Waals surface area contributed by atoms with E-state index in [4.69, 9.17) is 22.8 Å². The standard InChI is InChI=1S/C17H15ClN2O4S/c1-3-10-19-25(22,23)14-7-4-12(5-8-14)17(21)20-15-11-13(18)6-9-16(15)24-2/h1,4-9,11,19H,10H2,2H3,(H,20,21). The smallest absolute Gasteiger partial charge is 0.255 e. The van der Waals surface area contributed by atoms with Crippen molar-refractivity contribution in [3.8, 4) is 18.1 Å². The van der Waals surface area contributed by atoms with E-state index in [1.807, 2.05) is 0 Å². The van der Waals surface area contributed by atoms with Crippen LogP contribution in [0.1, 0.15) is 10.4 Å². The zero-order chi connectivity index (χ0) is 18.4. The molecule has 0 heterocycles. The third kappa shape index (κ3) is 4.73. The fraction of sp³-hybridized carbons (Fsp3) is 0.118. The van der Waals surface area contributed by atoms with Crippen LogP contribution in [0.3, 0.4) is 0 Å². The van der Waals surface area contributed by atoms with Crippen molar-refractivity contribution in [2.24, 2.45) is 0 Å². The van der Waals surface area contributed by atoms with Crippen LogP contribution in [-0.2, 0) is 10.0 Å². The summed E-state index contributed by atoms with van der Waals surface area (Å²) in [5.74, 6) is 2.21. The van der Waals surface area contributed by atoms with Crippen molar-refractivity contribution in [1.29, 1.82) is 0 Å². The molecule has 0 aliphatic carbocycles. The first-order valence-electron chi connectivity index (χ1n) is 7.05. The maximum absolute atomic E-state index is 12.3. The van der Waals surface area contributed by atoms with Crippen molar-refractivity contribution in [2.75, 3.05) is 19.0 Å². The molecule has 2 aromatic rings. The molecule has 6 nitrogen and oxygen atoms in total. The van der Waals surface area contributed by atoms with Crippen LogP contribution in [0.2, 0.25) is 5.02 Å². The van der Waals surface area contributed by atoms with E-state index in [1.54, 1.807) is 18.2 Å². The lowest BCUT2D eigenvalue weighted by Gasteiger charge is -2.11. The third-order valence-corrected chi connectivity index (χ3v) is 4.85. The number of amides is 1. The van der Waals surface area contributed by atoms with E-state index < -0.39 is 15.9 Å². The molecule has 1 amide bonds. The second-order valence-electron chi connectivity index (χ2n) is 4.85. The number of carbonyl (C=O) groups excluding carboxylic acids is 1. The summed E-state index contributed by atoms with van der Waals surface area (Å²) in [6, 6.07) is 10.3. The Morgan fingerprint density at radius 1 is 1.24 bits per heavy atom. The van der Waals surface area contributed by atoms with Crippen LogP contribution in [-0.4, -0.2) is 28.0 Å². The fourth-order valence-electron chi connectivity index (χ4n) is 1.98. The Hall–Kier alpha value is -2.53. The van der Waals surface area contributed by atoms with Gasteiger partial charge in [-0.2, -0.15) is 4.72 Å². The zero-order valence-electron chi connectivity index (χ0n) is 13.2. The summed E-state index contributed by atoms with van der Waals surface area (Å²) < 4.78 is 31.3. The number of benzene rings is 2. The summed E-state index contributed by atoms with van der Waals surface area (Å²) in [5.41, 5.74) is 0.685. The van der Waals surface area contributed by atoms with E-state index in [9.17, 15) is 13.2 Å². The number of hydrogen-bond acceptors (Lipinski definition) is 4. The van der Waals surface area contributed by atoms with Gasteiger partial charge in [0, 0.05) is 10.6 Å². The number of nitrogens with one attached hydrogen (secondary N) is 2. The predicted molar refractivity (Wildman–Crippen MR) is 96.4 cm³/mol. The van der Waals surface area contributed by atoms with E-state index in [-0.39, 0.29) is 17.0 Å². The first kappa shape index (κ1) is 18.8. The Morgan fingerprint density at radius 3 is 2.52 bits per heavy atom. The highest BCUT2D eigenvalue weighted by molar-refractivity contribution is 7.89. The summed E-state index contributed by atoms with van der Waals surface area (Å²) in [7, 11) is -2.23. The van der Waals surface area contributed by atoms with Crippen LogP contribution in [0.15, 0.2) is 47.4 Å². The van der Waals surface area contributed by atoms with Gasteiger partial charge in [0.05, 0.1) is 24.2 Å². The van der Waals surface area contributed by atoms with Gasteiger partial charge in [0.15, 0.2) is 0 Å². The average Bonchev–Trinajstić information content (AvgIpc) is 2.60. The lowest BCUT2D eigenvalue weighted by molar-refractivity contribution is 0.102. The van der Waals surface area contributed by atoms with Crippen molar-refractivity contribution in [1.82, 2.24) is 4.72 Å². The van der Waals surface area contributed by atoms with Gasteiger partial charge in [-0.05, 0) is 42.5 Å². The van der Waals surface area contributed by atoms with Gasteiger partial charge in [0.2, 0.25) is 10.0 Å². The summed E-state index contributed by atoms with van der Waals surface area (Å²) in [6.45, 7) is -0.112. The number of terminal acetylenes is 1. The lowest BCUT2D eigenvalue weighted by atomic mass is 10.2. The molecular weight excluding hydrogens is 364 g/mol. The highest BCUT2D eigenvalue weighted by atomic mass is 35.5. The van der Waals surface area contributed by atoms with Crippen molar-refractivity contribution in [3.05, 3.63) is 53.1 Å². The Labute approximate surface area is 151 Å². The molecule has 0 aromatic heterocycles. The molecule has 0 bridgehead atoms. The topological polar surface area (TPSA) is 84.5 Å². The number of anilines is 1. The summed E-state index contributed by atoms with van der Waals surface area (Å²) in [5, 5.41) is 3.11. The van der Waals surface area contributed by atoms with Gasteiger partial charge in [-0.3, -0.25) is 4.79 Å². The monoisotopic (exact) mass is 378 g/mol. The van der Waals surface area contributed by atoms with E-state index in [0.29, 0.717) is 16.5 Å². The van der Waals surface area contributed by atoms with Crippen molar-refractivity contribution < 1.29 is 17.9 Å². The molecular formula is C17H15ClN2O4S. The second-order valence-corrected chi connectivity index (χ2v) is 7.06. The maximum atomic E-state index is 12.3. The van der Waals surface area contributed by atoms with Crippen LogP contribution in [0.4, 0.5) is 5.69 Å². The number of rotatable bonds is 6. The third-order valence-electron chi connectivity index (χ3n) is 3.20. The minimum Gasteiger partial charge on any atom is -0.495 e. The number of halogens is 1. The molecule has 0 unspecified atom stereocenters. The first-order chi connectivity index (χ1) is 11.9. The molecule has 0 aliphatic heterocycles. The largest absolute Gasteiger partial charge is 0.495 e. The zero-order valence-corrected chi connectivity index (χ0v) is 14.8. The van der Waals surface area contributed by atoms with Gasteiger partial charge < -0.3 is 10.1 Å². The molecule has 0 saturated carbocycles. The van der Waals surface area contributed by atoms with Crippen LogP contribution >= 0.6 is 11.6 Å². The molecule has 2 aromatic carbocycles. The molecule has 0 fully saturated rings. The van der Waals surface area contributed by atoms with Crippen LogP contribution in [0.25, 0.3) is 0 Å². The second kappa shape index (κ2) is 8.03. The highest BCUT2D eigenvalue weighted by Gasteiger charge is 2.15. The number of methoxy groups -OCH3 is 1. The molecule has 0 atom stereocenters. The van der Waals surface area contributed by atoms with E-state index in [1.165, 1.54) is 31.4 Å². The molecule has 0 saturated heterocycles. The van der Waals surface area contributed by atoms with Crippen LogP contribution in [0, 0.1) is 12.3 Å². The Kier molecular flexibility index (Phi) is 6.04. The summed E-state index contributed by atoms with van der Waals surface area (Å²) in [4.78, 5) is 12.3. The van der Waals surface area contributed by atoms with E-state index >= 15 is 0 Å². The maximum Gasteiger partial charge on any atom is 0.255 e. The summed E-state index contributed by atoms with van der Waals surface area (Å²) in [6.07, 6.45) is 5.04. The minimum absolute atomic E-state index is 0.0136. The Balaban J connectivity index is 2.19. The van der Waals surface area contributed by atoms with Gasteiger partial charge in [-0.25, -0.2) is 8.42 Å². The molecule has 2 N–H and O–H groups in total. The van der Waals surface area contributed by atoms with Gasteiger partial charge in [-0.1, -0.05) is 17.5 Å². The van der Waals surface area contributed by atoms with Gasteiger partial charge in [-0.15, -0.1) is 6.42 Å². The summed E-state index contributed by atoms with van der Waals surface area (Å²) >= 11 is 5.92.